The quantitative estimate of drug-likeness (QED) is 0.719. The van der Waals surface area contributed by atoms with Crippen LogP contribution in [0.3, 0.4) is 0 Å². The van der Waals surface area contributed by atoms with E-state index in [1.165, 1.54) is 24.2 Å². The van der Waals surface area contributed by atoms with Gasteiger partial charge in [-0.1, -0.05) is 19.3 Å². The molecule has 100 valence electrons. The molecule has 4 nitrogen and oxygen atoms in total. The highest BCUT2D eigenvalue weighted by atomic mass is 16.2. The van der Waals surface area contributed by atoms with Gasteiger partial charge in [0.1, 0.15) is 0 Å². The van der Waals surface area contributed by atoms with E-state index in [1.54, 1.807) is 0 Å². The largest absolute Gasteiger partial charge is 0.328 e. The molecule has 3 rings (SSSR count). The van der Waals surface area contributed by atoms with Crippen LogP contribution in [0.5, 0.6) is 0 Å². The predicted molar refractivity (Wildman–Crippen MR) is 67.6 cm³/mol. The monoisotopic (exact) mass is 250 g/mol. The first-order valence-electron chi connectivity index (χ1n) is 7.20. The number of nitrogens with two attached hydrogens (primary N) is 1. The second-order valence-electron chi connectivity index (χ2n) is 6.46. The topological polar surface area (TPSA) is 63.4 Å². The minimum atomic E-state index is 0.00871. The zero-order valence-corrected chi connectivity index (χ0v) is 10.9. The van der Waals surface area contributed by atoms with E-state index in [-0.39, 0.29) is 29.3 Å². The molecule has 4 heteroatoms. The van der Waals surface area contributed by atoms with Crippen LogP contribution in [-0.2, 0) is 9.59 Å². The highest BCUT2D eigenvalue weighted by molar-refractivity contribution is 5.99. The molecule has 2 amide bonds. The first kappa shape index (κ1) is 12.2. The van der Waals surface area contributed by atoms with Crippen molar-refractivity contribution < 1.29 is 9.59 Å². The zero-order chi connectivity index (χ0) is 12.8. The van der Waals surface area contributed by atoms with Crippen molar-refractivity contribution in [1.29, 1.82) is 0 Å². The van der Waals surface area contributed by atoms with Crippen molar-refractivity contribution in [2.75, 3.05) is 0 Å². The minimum absolute atomic E-state index is 0.00871. The summed E-state index contributed by atoms with van der Waals surface area (Å²) >= 11 is 0. The van der Waals surface area contributed by atoms with E-state index < -0.39 is 0 Å². The number of hydrogen-bond acceptors (Lipinski definition) is 3. The number of piperidine rings is 1. The van der Waals surface area contributed by atoms with E-state index in [0.29, 0.717) is 12.8 Å². The summed E-state index contributed by atoms with van der Waals surface area (Å²) in [5.41, 5.74) is 5.76. The van der Waals surface area contributed by atoms with Crippen LogP contribution in [0.25, 0.3) is 0 Å². The molecule has 1 heterocycles. The van der Waals surface area contributed by atoms with Gasteiger partial charge in [-0.15, -0.1) is 0 Å². The number of imide groups is 1. The van der Waals surface area contributed by atoms with E-state index in [9.17, 15) is 9.59 Å². The summed E-state index contributed by atoms with van der Waals surface area (Å²) in [5, 5.41) is 0. The number of likely N-dealkylation sites (tertiary alicyclic amines) is 1. The number of amides is 2. The Morgan fingerprint density at radius 3 is 2.06 bits per heavy atom. The number of nitrogens with zero attached hydrogens (tertiary/aromatic N) is 1. The highest BCUT2D eigenvalue weighted by Gasteiger charge is 2.47. The Bertz CT molecular complexity index is 348. The third-order valence-electron chi connectivity index (χ3n) is 5.02. The Morgan fingerprint density at radius 1 is 1.00 bits per heavy atom. The third kappa shape index (κ3) is 1.96. The van der Waals surface area contributed by atoms with Crippen LogP contribution in [-0.4, -0.2) is 28.8 Å². The molecule has 1 spiro atoms. The van der Waals surface area contributed by atoms with E-state index >= 15 is 0 Å². The maximum absolute atomic E-state index is 12.3. The molecular weight excluding hydrogens is 228 g/mol. The number of hydrogen-bond donors (Lipinski definition) is 1. The minimum Gasteiger partial charge on any atom is -0.328 e. The molecule has 3 aliphatic rings. The molecular formula is C14H22N2O2. The second kappa shape index (κ2) is 4.34. The Labute approximate surface area is 108 Å². The molecule has 0 aromatic heterocycles. The molecule has 0 unspecified atom stereocenters. The van der Waals surface area contributed by atoms with Crippen LogP contribution in [0.4, 0.5) is 0 Å². The first-order valence-corrected chi connectivity index (χ1v) is 7.20. The van der Waals surface area contributed by atoms with Crippen LogP contribution in [0.2, 0.25) is 0 Å². The maximum atomic E-state index is 12.3. The Hall–Kier alpha value is -0.900. The zero-order valence-electron chi connectivity index (χ0n) is 10.9. The summed E-state index contributed by atoms with van der Waals surface area (Å²) in [6.07, 6.45) is 8.49. The van der Waals surface area contributed by atoms with Crippen LogP contribution in [0.1, 0.15) is 57.8 Å². The smallest absolute Gasteiger partial charge is 0.230 e. The van der Waals surface area contributed by atoms with Gasteiger partial charge in [0.05, 0.1) is 0 Å². The van der Waals surface area contributed by atoms with E-state index in [0.717, 1.165) is 25.7 Å². The van der Waals surface area contributed by atoms with E-state index in [1.807, 2.05) is 0 Å². The summed E-state index contributed by atoms with van der Waals surface area (Å²) in [7, 11) is 0. The van der Waals surface area contributed by atoms with E-state index in [2.05, 4.69) is 0 Å². The summed E-state index contributed by atoms with van der Waals surface area (Å²) in [4.78, 5) is 26.1. The molecule has 3 fully saturated rings. The van der Waals surface area contributed by atoms with Crippen molar-refractivity contribution in [3.05, 3.63) is 0 Å². The molecule has 2 aliphatic carbocycles. The fourth-order valence-corrected chi connectivity index (χ4v) is 3.92. The SMILES string of the molecule is NC1CC(N2C(=O)CC3(CCCCC3)CC2=O)C1. The lowest BCUT2D eigenvalue weighted by molar-refractivity contribution is -0.160. The van der Waals surface area contributed by atoms with Crippen molar-refractivity contribution in [2.45, 2.75) is 69.9 Å². The van der Waals surface area contributed by atoms with E-state index in [4.69, 9.17) is 5.73 Å². The molecule has 18 heavy (non-hydrogen) atoms. The van der Waals surface area contributed by atoms with Crippen molar-refractivity contribution >= 4 is 11.8 Å². The van der Waals surface area contributed by atoms with Crippen LogP contribution in [0, 0.1) is 5.41 Å². The highest BCUT2D eigenvalue weighted by Crippen LogP contribution is 2.46. The lowest BCUT2D eigenvalue weighted by Crippen LogP contribution is -2.58. The molecule has 0 aromatic rings. The number of rotatable bonds is 1. The Morgan fingerprint density at radius 2 is 1.56 bits per heavy atom. The Balaban J connectivity index is 1.71. The normalized spacial score (nSPS) is 35.7. The molecule has 0 atom stereocenters. The Kier molecular flexibility index (Phi) is 2.93. The lowest BCUT2D eigenvalue weighted by Gasteiger charge is -2.47. The summed E-state index contributed by atoms with van der Waals surface area (Å²) in [6.45, 7) is 0. The van der Waals surface area contributed by atoms with Gasteiger partial charge in [0, 0.05) is 24.9 Å². The van der Waals surface area contributed by atoms with Gasteiger partial charge in [-0.05, 0) is 31.1 Å². The second-order valence-corrected chi connectivity index (χ2v) is 6.46. The molecule has 2 N–H and O–H groups in total. The molecule has 1 aliphatic heterocycles. The van der Waals surface area contributed by atoms with Crippen LogP contribution >= 0.6 is 0 Å². The van der Waals surface area contributed by atoms with Crippen molar-refractivity contribution in [1.82, 2.24) is 4.90 Å². The van der Waals surface area contributed by atoms with Gasteiger partial charge in [-0.2, -0.15) is 0 Å². The molecule has 0 radical (unpaired) electrons. The van der Waals surface area contributed by atoms with Gasteiger partial charge in [0.15, 0.2) is 0 Å². The standard InChI is InChI=1S/C14H22N2O2/c15-10-6-11(7-10)16-12(17)8-14(9-13(16)18)4-2-1-3-5-14/h10-11H,1-9,15H2. The van der Waals surface area contributed by atoms with Gasteiger partial charge < -0.3 is 5.73 Å². The van der Waals surface area contributed by atoms with Gasteiger partial charge >= 0.3 is 0 Å². The lowest BCUT2D eigenvalue weighted by atomic mass is 9.67. The number of carbonyl (C=O) groups is 2. The van der Waals surface area contributed by atoms with Gasteiger partial charge in [-0.25, -0.2) is 0 Å². The van der Waals surface area contributed by atoms with Gasteiger partial charge in [0.25, 0.3) is 0 Å². The summed E-state index contributed by atoms with van der Waals surface area (Å²) in [5.74, 6) is 0.120. The maximum Gasteiger partial charge on any atom is 0.230 e. The summed E-state index contributed by atoms with van der Waals surface area (Å²) < 4.78 is 0. The van der Waals surface area contributed by atoms with Crippen molar-refractivity contribution in [2.24, 2.45) is 11.1 Å². The average molecular weight is 250 g/mol. The predicted octanol–water partition coefficient (Wildman–Crippen LogP) is 1.58. The van der Waals surface area contributed by atoms with Gasteiger partial charge in [0.2, 0.25) is 11.8 Å². The fourth-order valence-electron chi connectivity index (χ4n) is 3.92. The molecule has 0 bridgehead atoms. The molecule has 2 saturated carbocycles. The van der Waals surface area contributed by atoms with Crippen LogP contribution in [0.15, 0.2) is 0 Å². The van der Waals surface area contributed by atoms with Crippen molar-refractivity contribution in [3.8, 4) is 0 Å². The molecule has 1 saturated heterocycles. The van der Waals surface area contributed by atoms with Gasteiger partial charge in [-0.3, -0.25) is 14.5 Å². The fraction of sp³-hybridized carbons (Fsp3) is 0.857. The van der Waals surface area contributed by atoms with Crippen LogP contribution < -0.4 is 5.73 Å². The summed E-state index contributed by atoms with van der Waals surface area (Å²) in [6, 6.07) is 0.280. The average Bonchev–Trinajstić information content (AvgIpc) is 2.26. The number of carbonyl (C=O) groups excluding carboxylic acids is 2. The third-order valence-corrected chi connectivity index (χ3v) is 5.02. The van der Waals surface area contributed by atoms with Crippen molar-refractivity contribution in [3.63, 3.8) is 0 Å². The molecule has 0 aromatic carbocycles. The first-order chi connectivity index (χ1) is 8.60.